The standard InChI is InChI=1S/C10H8Cl2INO3/c1-14(4-8(15)16)10(17)6-2-5(11)3-7(12)9(6)13/h2-3H,4H2,1H3,(H,15,16). The summed E-state index contributed by atoms with van der Waals surface area (Å²) in [6, 6.07) is 2.99. The van der Waals surface area contributed by atoms with E-state index in [0.29, 0.717) is 19.2 Å². The smallest absolute Gasteiger partial charge is 0.323 e. The van der Waals surface area contributed by atoms with E-state index in [1.54, 1.807) is 0 Å². The van der Waals surface area contributed by atoms with Gasteiger partial charge in [0.1, 0.15) is 6.54 Å². The zero-order valence-corrected chi connectivity index (χ0v) is 12.4. The highest BCUT2D eigenvalue weighted by Gasteiger charge is 2.19. The molecule has 7 heteroatoms. The predicted molar refractivity (Wildman–Crippen MR) is 73.8 cm³/mol. The van der Waals surface area contributed by atoms with Crippen molar-refractivity contribution in [3.05, 3.63) is 31.3 Å². The molecule has 0 saturated heterocycles. The summed E-state index contributed by atoms with van der Waals surface area (Å²) in [6.07, 6.45) is 0. The molecule has 1 aromatic carbocycles. The van der Waals surface area contributed by atoms with E-state index in [1.807, 2.05) is 22.6 Å². The van der Waals surface area contributed by atoms with Crippen LogP contribution in [-0.4, -0.2) is 35.5 Å². The van der Waals surface area contributed by atoms with Crippen LogP contribution in [0.25, 0.3) is 0 Å². The molecule has 0 unspecified atom stereocenters. The number of amides is 1. The molecule has 0 aliphatic carbocycles. The molecule has 0 aromatic heterocycles. The van der Waals surface area contributed by atoms with Crippen LogP contribution in [0.15, 0.2) is 12.1 Å². The number of rotatable bonds is 3. The fourth-order valence-electron chi connectivity index (χ4n) is 1.19. The van der Waals surface area contributed by atoms with Gasteiger partial charge < -0.3 is 10.0 Å². The molecule has 1 N–H and O–H groups in total. The average Bonchev–Trinajstić information content (AvgIpc) is 2.21. The van der Waals surface area contributed by atoms with Crippen LogP contribution in [0.5, 0.6) is 0 Å². The maximum absolute atomic E-state index is 11.9. The molecule has 17 heavy (non-hydrogen) atoms. The minimum absolute atomic E-state index is 0.298. The molecule has 0 fully saturated rings. The second kappa shape index (κ2) is 5.88. The van der Waals surface area contributed by atoms with Crippen LogP contribution >= 0.6 is 45.8 Å². The molecule has 4 nitrogen and oxygen atoms in total. The number of likely N-dealkylation sites (N-methyl/N-ethyl adjacent to an activating group) is 1. The number of benzene rings is 1. The molecule has 92 valence electrons. The first kappa shape index (κ1) is 14.5. The molecule has 0 heterocycles. The zero-order chi connectivity index (χ0) is 13.2. The molecule has 0 atom stereocenters. The van der Waals surface area contributed by atoms with Crippen LogP contribution in [0.3, 0.4) is 0 Å². The first-order chi connectivity index (χ1) is 7.82. The molecule has 0 aliphatic rings. The van der Waals surface area contributed by atoms with E-state index in [0.717, 1.165) is 4.90 Å². The van der Waals surface area contributed by atoms with Gasteiger partial charge in [-0.1, -0.05) is 23.2 Å². The van der Waals surface area contributed by atoms with E-state index in [2.05, 4.69) is 0 Å². The first-order valence-corrected chi connectivity index (χ1v) is 6.28. The van der Waals surface area contributed by atoms with Crippen molar-refractivity contribution in [3.63, 3.8) is 0 Å². The van der Waals surface area contributed by atoms with Gasteiger partial charge in [0.15, 0.2) is 0 Å². The maximum Gasteiger partial charge on any atom is 0.323 e. The van der Waals surface area contributed by atoms with Crippen LogP contribution in [-0.2, 0) is 4.79 Å². The molecule has 1 rings (SSSR count). The average molecular weight is 388 g/mol. The van der Waals surface area contributed by atoms with Crippen LogP contribution in [0.2, 0.25) is 10.0 Å². The number of aliphatic carboxylic acids is 1. The largest absolute Gasteiger partial charge is 0.480 e. The summed E-state index contributed by atoms with van der Waals surface area (Å²) in [6.45, 7) is -0.376. The van der Waals surface area contributed by atoms with Gasteiger partial charge in [-0.3, -0.25) is 9.59 Å². The minimum Gasteiger partial charge on any atom is -0.480 e. The Labute approximate surface area is 122 Å². The van der Waals surface area contributed by atoms with Crippen LogP contribution < -0.4 is 0 Å². The molecule has 0 radical (unpaired) electrons. The Morgan fingerprint density at radius 1 is 1.41 bits per heavy atom. The lowest BCUT2D eigenvalue weighted by Gasteiger charge is -2.16. The fraction of sp³-hybridized carbons (Fsp3) is 0.200. The van der Waals surface area contributed by atoms with Crippen LogP contribution in [0.1, 0.15) is 10.4 Å². The van der Waals surface area contributed by atoms with Gasteiger partial charge in [-0.05, 0) is 34.7 Å². The zero-order valence-electron chi connectivity index (χ0n) is 8.71. The first-order valence-electron chi connectivity index (χ1n) is 4.44. The molecule has 1 aromatic rings. The summed E-state index contributed by atoms with van der Waals surface area (Å²) in [5, 5.41) is 9.31. The normalized spacial score (nSPS) is 10.1. The Bertz CT molecular complexity index is 479. The van der Waals surface area contributed by atoms with E-state index in [4.69, 9.17) is 28.3 Å². The Morgan fingerprint density at radius 2 is 2.00 bits per heavy atom. The number of carbonyl (C=O) groups is 2. The van der Waals surface area contributed by atoms with Crippen molar-refractivity contribution in [2.45, 2.75) is 0 Å². The lowest BCUT2D eigenvalue weighted by atomic mass is 10.2. The van der Waals surface area contributed by atoms with E-state index in [-0.39, 0.29) is 6.54 Å². The number of carboxylic acid groups (broad SMARTS) is 1. The third-order valence-corrected chi connectivity index (χ3v) is 3.94. The van der Waals surface area contributed by atoms with Gasteiger partial charge in [0.05, 0.1) is 10.6 Å². The third kappa shape index (κ3) is 3.72. The lowest BCUT2D eigenvalue weighted by Crippen LogP contribution is -2.32. The highest BCUT2D eigenvalue weighted by Crippen LogP contribution is 2.27. The van der Waals surface area contributed by atoms with Crippen molar-refractivity contribution in [2.24, 2.45) is 0 Å². The highest BCUT2D eigenvalue weighted by molar-refractivity contribution is 14.1. The van der Waals surface area contributed by atoms with Gasteiger partial charge in [0, 0.05) is 15.6 Å². The number of hydrogen-bond donors (Lipinski definition) is 1. The van der Waals surface area contributed by atoms with Gasteiger partial charge in [-0.15, -0.1) is 0 Å². The van der Waals surface area contributed by atoms with E-state index in [1.165, 1.54) is 19.2 Å². The highest BCUT2D eigenvalue weighted by atomic mass is 127. The van der Waals surface area contributed by atoms with E-state index in [9.17, 15) is 9.59 Å². The van der Waals surface area contributed by atoms with Crippen molar-refractivity contribution in [3.8, 4) is 0 Å². The monoisotopic (exact) mass is 387 g/mol. The number of halogens is 3. The molecular formula is C10H8Cl2INO3. The van der Waals surface area contributed by atoms with Gasteiger partial charge in [-0.25, -0.2) is 0 Å². The van der Waals surface area contributed by atoms with Crippen molar-refractivity contribution >= 4 is 57.7 Å². The lowest BCUT2D eigenvalue weighted by molar-refractivity contribution is -0.137. The predicted octanol–water partition coefficient (Wildman–Crippen LogP) is 2.75. The van der Waals surface area contributed by atoms with Crippen molar-refractivity contribution in [1.29, 1.82) is 0 Å². The molecule has 0 aliphatic heterocycles. The minimum atomic E-state index is -1.08. The number of nitrogens with zero attached hydrogens (tertiary/aromatic N) is 1. The molecule has 0 bridgehead atoms. The summed E-state index contributed by atoms with van der Waals surface area (Å²) < 4.78 is 0.552. The molecule has 1 amide bonds. The van der Waals surface area contributed by atoms with E-state index < -0.39 is 11.9 Å². The summed E-state index contributed by atoms with van der Waals surface area (Å²) in [7, 11) is 1.40. The van der Waals surface area contributed by atoms with E-state index >= 15 is 0 Å². The summed E-state index contributed by atoms with van der Waals surface area (Å²) >= 11 is 13.6. The molecule has 0 spiro atoms. The molecular weight excluding hydrogens is 380 g/mol. The fourth-order valence-corrected chi connectivity index (χ4v) is 2.23. The van der Waals surface area contributed by atoms with Crippen molar-refractivity contribution in [2.75, 3.05) is 13.6 Å². The SMILES string of the molecule is CN(CC(=O)O)C(=O)c1cc(Cl)cc(Cl)c1I. The Hall–Kier alpha value is -0.530. The Balaban J connectivity index is 3.08. The third-order valence-electron chi connectivity index (χ3n) is 1.94. The Morgan fingerprint density at radius 3 is 2.53 bits per heavy atom. The number of carboxylic acids is 1. The summed E-state index contributed by atoms with van der Waals surface area (Å²) in [5.74, 6) is -1.51. The van der Waals surface area contributed by atoms with Crippen LogP contribution in [0.4, 0.5) is 0 Å². The van der Waals surface area contributed by atoms with Gasteiger partial charge >= 0.3 is 5.97 Å². The summed E-state index contributed by atoms with van der Waals surface area (Å²) in [4.78, 5) is 23.6. The summed E-state index contributed by atoms with van der Waals surface area (Å²) in [5.41, 5.74) is 0.298. The maximum atomic E-state index is 11.9. The second-order valence-corrected chi connectivity index (χ2v) is 5.23. The number of hydrogen-bond acceptors (Lipinski definition) is 2. The quantitative estimate of drug-likeness (QED) is 0.640. The van der Waals surface area contributed by atoms with Crippen molar-refractivity contribution < 1.29 is 14.7 Å². The number of carbonyl (C=O) groups excluding carboxylic acids is 1. The van der Waals surface area contributed by atoms with Gasteiger partial charge in [0.25, 0.3) is 5.91 Å². The van der Waals surface area contributed by atoms with Crippen LogP contribution in [0, 0.1) is 3.57 Å². The topological polar surface area (TPSA) is 57.6 Å². The second-order valence-electron chi connectivity index (χ2n) is 3.30. The molecule has 0 saturated carbocycles. The van der Waals surface area contributed by atoms with Gasteiger partial charge in [-0.2, -0.15) is 0 Å². The Kier molecular flexibility index (Phi) is 5.03. The van der Waals surface area contributed by atoms with Crippen molar-refractivity contribution in [1.82, 2.24) is 4.90 Å². The van der Waals surface area contributed by atoms with Gasteiger partial charge in [0.2, 0.25) is 0 Å².